The van der Waals surface area contributed by atoms with Crippen molar-refractivity contribution in [3.05, 3.63) is 20.8 Å². The summed E-state index contributed by atoms with van der Waals surface area (Å²) >= 11 is 0. The van der Waals surface area contributed by atoms with Gasteiger partial charge in [0.2, 0.25) is 0 Å². The Kier molecular flexibility index (Phi) is 4.49. The van der Waals surface area contributed by atoms with E-state index in [1.165, 1.54) is 4.57 Å². The van der Waals surface area contributed by atoms with Crippen LogP contribution in [0.5, 0.6) is 0 Å². The second kappa shape index (κ2) is 6.13. The number of aromatic nitrogens is 2. The van der Waals surface area contributed by atoms with Crippen molar-refractivity contribution in [2.24, 2.45) is 5.92 Å². The quantitative estimate of drug-likeness (QED) is 0.740. The molecule has 1 aromatic rings. The molecule has 1 unspecified atom stereocenters. The number of rotatable bonds is 4. The Balaban J connectivity index is 2.31. The Morgan fingerprint density at radius 2 is 2.25 bits per heavy atom. The molecule has 1 fully saturated rings. The average Bonchev–Trinajstić information content (AvgIpc) is 2.40. The fourth-order valence-electron chi connectivity index (χ4n) is 2.33. The Hall–Kier alpha value is -1.76. The van der Waals surface area contributed by atoms with Crippen LogP contribution in [0, 0.1) is 5.92 Å². The highest BCUT2D eigenvalue weighted by atomic mass is 16.5. The number of nitrogens with one attached hydrogen (secondary N) is 2. The van der Waals surface area contributed by atoms with E-state index < -0.39 is 11.2 Å². The third-order valence-corrected chi connectivity index (χ3v) is 3.30. The third-order valence-electron chi connectivity index (χ3n) is 3.30. The molecule has 0 aromatic carbocycles. The summed E-state index contributed by atoms with van der Waals surface area (Å²) < 4.78 is 6.77. The smallest absolute Gasteiger partial charge is 0.330 e. The van der Waals surface area contributed by atoms with Crippen molar-refractivity contribution in [3.63, 3.8) is 0 Å². The van der Waals surface area contributed by atoms with E-state index in [1.807, 2.05) is 13.8 Å². The van der Waals surface area contributed by atoms with Gasteiger partial charge in [-0.3, -0.25) is 14.3 Å². The number of aromatic amines is 1. The highest BCUT2D eigenvalue weighted by molar-refractivity contribution is 5.60. The van der Waals surface area contributed by atoms with E-state index in [0.29, 0.717) is 13.2 Å². The number of nitrogens with zero attached hydrogens (tertiary/aromatic N) is 1. The first-order valence-electron chi connectivity index (χ1n) is 6.96. The van der Waals surface area contributed by atoms with Crippen LogP contribution in [0.2, 0.25) is 0 Å². The number of nitrogen functional groups attached to an aromatic ring is 1. The molecule has 0 aliphatic carbocycles. The van der Waals surface area contributed by atoms with Gasteiger partial charge >= 0.3 is 5.69 Å². The third kappa shape index (κ3) is 3.22. The molecule has 1 aromatic heterocycles. The molecule has 0 saturated carbocycles. The molecule has 0 amide bonds. The predicted octanol–water partition coefficient (Wildman–Crippen LogP) is 0.366. The van der Waals surface area contributed by atoms with Gasteiger partial charge in [0, 0.05) is 19.2 Å². The molecule has 1 atom stereocenters. The molecule has 1 aliphatic heterocycles. The molecule has 112 valence electrons. The van der Waals surface area contributed by atoms with Crippen LogP contribution in [-0.4, -0.2) is 28.8 Å². The standard InChI is InChI=1S/C13H22N4O3/c1-8(2)6-17-11(14)10(12(18)16-13(17)19)15-9-4-3-5-20-7-9/h8-9,15H,3-7,14H2,1-2H3,(H,16,18,19). The van der Waals surface area contributed by atoms with Crippen molar-refractivity contribution in [1.82, 2.24) is 9.55 Å². The Morgan fingerprint density at radius 1 is 1.50 bits per heavy atom. The lowest BCUT2D eigenvalue weighted by Gasteiger charge is -2.25. The monoisotopic (exact) mass is 282 g/mol. The summed E-state index contributed by atoms with van der Waals surface area (Å²) in [6, 6.07) is 0.0529. The van der Waals surface area contributed by atoms with Crippen LogP contribution in [0.1, 0.15) is 26.7 Å². The molecule has 0 bridgehead atoms. The molecular weight excluding hydrogens is 260 g/mol. The van der Waals surface area contributed by atoms with Crippen LogP contribution in [0.25, 0.3) is 0 Å². The van der Waals surface area contributed by atoms with E-state index in [9.17, 15) is 9.59 Å². The second-order valence-corrected chi connectivity index (χ2v) is 5.58. The number of anilines is 2. The summed E-state index contributed by atoms with van der Waals surface area (Å²) in [4.78, 5) is 26.0. The van der Waals surface area contributed by atoms with Crippen molar-refractivity contribution in [2.45, 2.75) is 39.3 Å². The molecule has 1 aliphatic rings. The van der Waals surface area contributed by atoms with Gasteiger partial charge in [0.25, 0.3) is 5.56 Å². The lowest BCUT2D eigenvalue weighted by atomic mass is 10.1. The second-order valence-electron chi connectivity index (χ2n) is 5.58. The minimum Gasteiger partial charge on any atom is -0.383 e. The van der Waals surface area contributed by atoms with E-state index >= 15 is 0 Å². The summed E-state index contributed by atoms with van der Waals surface area (Å²) in [6.45, 7) is 5.73. The van der Waals surface area contributed by atoms with Gasteiger partial charge in [0.15, 0.2) is 0 Å². The zero-order valence-corrected chi connectivity index (χ0v) is 11.9. The van der Waals surface area contributed by atoms with Crippen LogP contribution in [0.4, 0.5) is 11.5 Å². The van der Waals surface area contributed by atoms with E-state index in [1.54, 1.807) is 0 Å². The van der Waals surface area contributed by atoms with Gasteiger partial charge in [0.1, 0.15) is 11.5 Å². The SMILES string of the molecule is CC(C)Cn1c(N)c(NC2CCCOC2)c(=O)[nH]c1=O. The first-order chi connectivity index (χ1) is 9.49. The zero-order valence-electron chi connectivity index (χ0n) is 11.9. The lowest BCUT2D eigenvalue weighted by Crippen LogP contribution is -2.38. The summed E-state index contributed by atoms with van der Waals surface area (Å²) in [7, 11) is 0. The Morgan fingerprint density at radius 3 is 2.85 bits per heavy atom. The molecule has 7 heteroatoms. The van der Waals surface area contributed by atoms with E-state index in [2.05, 4.69) is 10.3 Å². The van der Waals surface area contributed by atoms with Crippen LogP contribution >= 0.6 is 0 Å². The summed E-state index contributed by atoms with van der Waals surface area (Å²) in [5, 5.41) is 3.10. The maximum Gasteiger partial charge on any atom is 0.330 e. The lowest BCUT2D eigenvalue weighted by molar-refractivity contribution is 0.0876. The van der Waals surface area contributed by atoms with Gasteiger partial charge in [-0.05, 0) is 18.8 Å². The van der Waals surface area contributed by atoms with Gasteiger partial charge in [-0.1, -0.05) is 13.8 Å². The maximum absolute atomic E-state index is 11.9. The molecule has 2 rings (SSSR count). The van der Waals surface area contributed by atoms with Gasteiger partial charge < -0.3 is 15.8 Å². The van der Waals surface area contributed by atoms with E-state index in [0.717, 1.165) is 19.4 Å². The fraction of sp³-hybridized carbons (Fsp3) is 0.692. The predicted molar refractivity (Wildman–Crippen MR) is 78.0 cm³/mol. The first kappa shape index (κ1) is 14.6. The largest absolute Gasteiger partial charge is 0.383 e. The number of ether oxygens (including phenoxy) is 1. The van der Waals surface area contributed by atoms with Crippen LogP contribution in [-0.2, 0) is 11.3 Å². The van der Waals surface area contributed by atoms with Crippen LogP contribution in [0.3, 0.4) is 0 Å². The summed E-state index contributed by atoms with van der Waals surface area (Å²) in [5.74, 6) is 0.449. The van der Waals surface area contributed by atoms with Gasteiger partial charge in [-0.15, -0.1) is 0 Å². The number of H-pyrrole nitrogens is 1. The Labute approximate surface area is 117 Å². The maximum atomic E-state index is 11.9. The molecule has 2 heterocycles. The molecule has 20 heavy (non-hydrogen) atoms. The van der Waals surface area contributed by atoms with E-state index in [4.69, 9.17) is 10.5 Å². The number of hydrogen-bond acceptors (Lipinski definition) is 5. The normalized spacial score (nSPS) is 19.2. The van der Waals surface area contributed by atoms with Gasteiger partial charge in [0.05, 0.1) is 6.61 Å². The van der Waals surface area contributed by atoms with Crippen molar-refractivity contribution in [2.75, 3.05) is 24.3 Å². The first-order valence-corrected chi connectivity index (χ1v) is 6.96. The average molecular weight is 282 g/mol. The highest BCUT2D eigenvalue weighted by Gasteiger charge is 2.19. The van der Waals surface area contributed by atoms with E-state index in [-0.39, 0.29) is 23.5 Å². The minimum absolute atomic E-state index is 0.0529. The van der Waals surface area contributed by atoms with Crippen LogP contribution in [0.15, 0.2) is 9.59 Å². The molecule has 0 radical (unpaired) electrons. The molecule has 4 N–H and O–H groups in total. The van der Waals surface area contributed by atoms with Gasteiger partial charge in [-0.25, -0.2) is 4.79 Å². The van der Waals surface area contributed by atoms with Crippen LogP contribution < -0.4 is 22.3 Å². The fourth-order valence-corrected chi connectivity index (χ4v) is 2.33. The topological polar surface area (TPSA) is 102 Å². The van der Waals surface area contributed by atoms with Crippen molar-refractivity contribution in [3.8, 4) is 0 Å². The van der Waals surface area contributed by atoms with Crippen molar-refractivity contribution in [1.29, 1.82) is 0 Å². The highest BCUT2D eigenvalue weighted by Crippen LogP contribution is 2.16. The Bertz CT molecular complexity index is 570. The summed E-state index contributed by atoms with van der Waals surface area (Å²) in [6.07, 6.45) is 1.86. The minimum atomic E-state index is -0.474. The zero-order chi connectivity index (χ0) is 14.7. The van der Waals surface area contributed by atoms with Gasteiger partial charge in [-0.2, -0.15) is 0 Å². The molecule has 0 spiro atoms. The number of hydrogen-bond donors (Lipinski definition) is 3. The van der Waals surface area contributed by atoms with Crippen molar-refractivity contribution < 1.29 is 4.74 Å². The molecular formula is C13H22N4O3. The molecule has 7 nitrogen and oxygen atoms in total. The summed E-state index contributed by atoms with van der Waals surface area (Å²) in [5.41, 5.74) is 5.31. The molecule has 1 saturated heterocycles. The van der Waals surface area contributed by atoms with Crippen molar-refractivity contribution >= 4 is 11.5 Å². The number of nitrogens with two attached hydrogens (primary N) is 1.